The van der Waals surface area contributed by atoms with Gasteiger partial charge in [-0.3, -0.25) is 14.9 Å². The highest BCUT2D eigenvalue weighted by Crippen LogP contribution is 2.21. The molecule has 1 unspecified atom stereocenters. The highest BCUT2D eigenvalue weighted by Gasteiger charge is 2.15. The Morgan fingerprint density at radius 1 is 1.28 bits per heavy atom. The van der Waals surface area contributed by atoms with Gasteiger partial charge in [0, 0.05) is 18.6 Å². The maximum absolute atomic E-state index is 12.1. The third-order valence-corrected chi connectivity index (χ3v) is 3.97. The molecule has 1 aromatic heterocycles. The lowest BCUT2D eigenvalue weighted by molar-refractivity contribution is -0.384. The average Bonchev–Trinajstić information content (AvgIpc) is 3.04. The number of nitro groups is 1. The van der Waals surface area contributed by atoms with E-state index >= 15 is 0 Å². The van der Waals surface area contributed by atoms with E-state index < -0.39 is 4.92 Å². The number of benzene rings is 2. The molecule has 1 amide bonds. The molecular weight excluding hydrogens is 320 g/mol. The smallest absolute Gasteiger partial charge is 0.271 e. The highest BCUT2D eigenvalue weighted by molar-refractivity contribution is 5.79. The van der Waals surface area contributed by atoms with Gasteiger partial charge in [-0.1, -0.05) is 30.3 Å². The van der Waals surface area contributed by atoms with Crippen LogP contribution >= 0.6 is 0 Å². The monoisotopic (exact) mass is 338 g/mol. The lowest BCUT2D eigenvalue weighted by Gasteiger charge is -2.11. The van der Waals surface area contributed by atoms with Gasteiger partial charge in [0.1, 0.15) is 5.82 Å². The van der Waals surface area contributed by atoms with Gasteiger partial charge in [0.2, 0.25) is 5.91 Å². The Hall–Kier alpha value is -3.22. The number of rotatable bonds is 6. The van der Waals surface area contributed by atoms with Crippen LogP contribution in [0, 0.1) is 10.1 Å². The molecule has 0 radical (unpaired) electrons. The normalized spacial score (nSPS) is 12.0. The number of hydrogen-bond acceptors (Lipinski definition) is 4. The van der Waals surface area contributed by atoms with Crippen molar-refractivity contribution in [3.8, 4) is 0 Å². The zero-order chi connectivity index (χ0) is 17.8. The van der Waals surface area contributed by atoms with Crippen molar-refractivity contribution in [3.63, 3.8) is 0 Å². The summed E-state index contributed by atoms with van der Waals surface area (Å²) >= 11 is 0. The molecule has 2 N–H and O–H groups in total. The van der Waals surface area contributed by atoms with E-state index in [1.165, 1.54) is 12.1 Å². The fourth-order valence-electron chi connectivity index (χ4n) is 2.62. The summed E-state index contributed by atoms with van der Waals surface area (Å²) in [5.74, 6) is 0.506. The molecule has 0 bridgehead atoms. The molecule has 0 aliphatic heterocycles. The lowest BCUT2D eigenvalue weighted by Crippen LogP contribution is -2.27. The molecule has 7 heteroatoms. The summed E-state index contributed by atoms with van der Waals surface area (Å²) in [6, 6.07) is 14.0. The first-order valence-electron chi connectivity index (χ1n) is 8.00. The fraction of sp³-hybridized carbons (Fsp3) is 0.222. The van der Waals surface area contributed by atoms with Crippen molar-refractivity contribution in [1.82, 2.24) is 15.3 Å². The first-order chi connectivity index (χ1) is 12.0. The summed E-state index contributed by atoms with van der Waals surface area (Å²) in [6.07, 6.45) is 1.06. The minimum atomic E-state index is -0.450. The van der Waals surface area contributed by atoms with Gasteiger partial charge in [0.15, 0.2) is 0 Å². The molecule has 0 aliphatic carbocycles. The number of nitro benzene ring substituents is 1. The Morgan fingerprint density at radius 2 is 2.04 bits per heavy atom. The van der Waals surface area contributed by atoms with Gasteiger partial charge in [-0.05, 0) is 25.0 Å². The van der Waals surface area contributed by atoms with Crippen LogP contribution in [0.2, 0.25) is 0 Å². The number of fused-ring (bicyclic) bond motifs is 1. The molecule has 25 heavy (non-hydrogen) atoms. The van der Waals surface area contributed by atoms with E-state index in [1.807, 2.05) is 37.3 Å². The molecule has 7 nitrogen and oxygen atoms in total. The molecule has 0 spiro atoms. The van der Waals surface area contributed by atoms with Crippen LogP contribution in [-0.4, -0.2) is 20.8 Å². The predicted molar refractivity (Wildman–Crippen MR) is 94.1 cm³/mol. The van der Waals surface area contributed by atoms with E-state index in [4.69, 9.17) is 0 Å². The zero-order valence-electron chi connectivity index (χ0n) is 13.7. The molecule has 3 aromatic rings. The summed E-state index contributed by atoms with van der Waals surface area (Å²) in [5.41, 5.74) is 2.32. The molecule has 2 aromatic carbocycles. The number of carbonyl (C=O) groups is 1. The fourth-order valence-corrected chi connectivity index (χ4v) is 2.62. The number of non-ortho nitro benzene ring substituents is 1. The van der Waals surface area contributed by atoms with Crippen molar-refractivity contribution in [3.05, 3.63) is 70.0 Å². The second kappa shape index (κ2) is 7.12. The first-order valence-corrected chi connectivity index (χ1v) is 8.00. The second-order valence-corrected chi connectivity index (χ2v) is 5.86. The van der Waals surface area contributed by atoms with Gasteiger partial charge < -0.3 is 10.3 Å². The van der Waals surface area contributed by atoms with Crippen LogP contribution < -0.4 is 5.32 Å². The van der Waals surface area contributed by atoms with Gasteiger partial charge in [-0.25, -0.2) is 4.98 Å². The quantitative estimate of drug-likeness (QED) is 0.532. The van der Waals surface area contributed by atoms with E-state index in [0.29, 0.717) is 29.7 Å². The minimum Gasteiger partial charge on any atom is -0.346 e. The van der Waals surface area contributed by atoms with Crippen LogP contribution in [0.15, 0.2) is 48.5 Å². The van der Waals surface area contributed by atoms with E-state index in [9.17, 15) is 14.9 Å². The third-order valence-electron chi connectivity index (χ3n) is 3.97. The molecule has 1 heterocycles. The van der Waals surface area contributed by atoms with Crippen LogP contribution in [0.5, 0.6) is 0 Å². The van der Waals surface area contributed by atoms with Crippen molar-refractivity contribution < 1.29 is 9.72 Å². The topological polar surface area (TPSA) is 101 Å². The molecule has 3 rings (SSSR count). The molecule has 0 saturated heterocycles. The summed E-state index contributed by atoms with van der Waals surface area (Å²) in [5, 5.41) is 13.7. The number of H-pyrrole nitrogens is 1. The number of imidazole rings is 1. The van der Waals surface area contributed by atoms with Crippen molar-refractivity contribution in [2.75, 3.05) is 0 Å². The van der Waals surface area contributed by atoms with Crippen molar-refractivity contribution in [1.29, 1.82) is 0 Å². The summed E-state index contributed by atoms with van der Waals surface area (Å²) in [6.45, 7) is 1.83. The Morgan fingerprint density at radius 3 is 2.76 bits per heavy atom. The molecule has 0 fully saturated rings. The largest absolute Gasteiger partial charge is 0.346 e. The zero-order valence-corrected chi connectivity index (χ0v) is 13.7. The van der Waals surface area contributed by atoms with E-state index in [0.717, 1.165) is 5.56 Å². The standard InChI is InChI=1S/C18H18N4O3/c1-12(19-17(23)10-7-13-5-3-2-4-6-13)18-20-15-9-8-14(22(24)25)11-16(15)21-18/h2-6,8-9,11-12H,7,10H2,1H3,(H,19,23)(H,20,21). The van der Waals surface area contributed by atoms with Crippen LogP contribution in [0.4, 0.5) is 5.69 Å². The second-order valence-electron chi connectivity index (χ2n) is 5.86. The predicted octanol–water partition coefficient (Wildman–Crippen LogP) is 3.28. The molecular formula is C18H18N4O3. The Bertz CT molecular complexity index is 905. The van der Waals surface area contributed by atoms with E-state index in [1.54, 1.807) is 6.07 Å². The number of aromatic amines is 1. The van der Waals surface area contributed by atoms with Gasteiger partial charge >= 0.3 is 0 Å². The van der Waals surface area contributed by atoms with Gasteiger partial charge in [0.25, 0.3) is 5.69 Å². The molecule has 0 aliphatic rings. The molecule has 128 valence electrons. The molecule has 1 atom stereocenters. The highest BCUT2D eigenvalue weighted by atomic mass is 16.6. The maximum atomic E-state index is 12.1. The van der Waals surface area contributed by atoms with E-state index in [2.05, 4.69) is 15.3 Å². The van der Waals surface area contributed by atoms with Crippen molar-refractivity contribution in [2.45, 2.75) is 25.8 Å². The Labute approximate surface area is 144 Å². The summed E-state index contributed by atoms with van der Waals surface area (Å²) < 4.78 is 0. The average molecular weight is 338 g/mol. The third kappa shape index (κ3) is 4.00. The van der Waals surface area contributed by atoms with Crippen LogP contribution in [0.3, 0.4) is 0 Å². The Kier molecular flexibility index (Phi) is 4.74. The minimum absolute atomic E-state index is 0.00208. The maximum Gasteiger partial charge on any atom is 0.271 e. The van der Waals surface area contributed by atoms with Crippen LogP contribution in [0.25, 0.3) is 11.0 Å². The van der Waals surface area contributed by atoms with Crippen molar-refractivity contribution >= 4 is 22.6 Å². The number of hydrogen-bond donors (Lipinski definition) is 2. The van der Waals surface area contributed by atoms with Crippen LogP contribution in [0.1, 0.15) is 30.8 Å². The van der Waals surface area contributed by atoms with Gasteiger partial charge in [-0.15, -0.1) is 0 Å². The number of nitrogens with zero attached hydrogens (tertiary/aromatic N) is 2. The van der Waals surface area contributed by atoms with E-state index in [-0.39, 0.29) is 17.6 Å². The SMILES string of the molecule is CC(NC(=O)CCc1ccccc1)c1nc2ccc([N+](=O)[O-])cc2[nH]1. The number of amides is 1. The van der Waals surface area contributed by atoms with Gasteiger partial charge in [-0.2, -0.15) is 0 Å². The summed E-state index contributed by atoms with van der Waals surface area (Å²) in [7, 11) is 0. The summed E-state index contributed by atoms with van der Waals surface area (Å²) in [4.78, 5) is 29.9. The molecule has 0 saturated carbocycles. The number of nitrogens with one attached hydrogen (secondary N) is 2. The first kappa shape index (κ1) is 16.6. The van der Waals surface area contributed by atoms with Crippen molar-refractivity contribution in [2.24, 2.45) is 0 Å². The lowest BCUT2D eigenvalue weighted by atomic mass is 10.1. The number of carbonyl (C=O) groups excluding carboxylic acids is 1. The Balaban J connectivity index is 1.64. The van der Waals surface area contributed by atoms with Crippen LogP contribution in [-0.2, 0) is 11.2 Å². The number of aromatic nitrogens is 2. The van der Waals surface area contributed by atoms with Gasteiger partial charge in [0.05, 0.1) is 22.0 Å². The number of aryl methyl sites for hydroxylation is 1.